The lowest BCUT2D eigenvalue weighted by Gasteiger charge is -2.19. The summed E-state index contributed by atoms with van der Waals surface area (Å²) in [6.45, 7) is 0.0807. The summed E-state index contributed by atoms with van der Waals surface area (Å²) in [7, 11) is 0. The van der Waals surface area contributed by atoms with Gasteiger partial charge in [-0.3, -0.25) is 0 Å². The summed E-state index contributed by atoms with van der Waals surface area (Å²) in [6.07, 6.45) is -0.660. The Hall–Kier alpha value is -1.17. The predicted octanol–water partition coefficient (Wildman–Crippen LogP) is 4.46. The van der Waals surface area contributed by atoms with Crippen LogP contribution in [0.3, 0.4) is 0 Å². The normalized spacial score (nSPS) is 12.2. The zero-order valence-corrected chi connectivity index (χ0v) is 12.6. The van der Waals surface area contributed by atoms with Crippen LogP contribution in [-0.2, 0) is 0 Å². The Kier molecular flexibility index (Phi) is 4.96. The molecule has 0 aliphatic rings. The van der Waals surface area contributed by atoms with E-state index < -0.39 is 17.7 Å². The Morgan fingerprint density at radius 2 is 1.95 bits per heavy atom. The van der Waals surface area contributed by atoms with Gasteiger partial charge in [0.15, 0.2) is 11.6 Å². The van der Waals surface area contributed by atoms with Gasteiger partial charge in [0.2, 0.25) is 5.82 Å². The van der Waals surface area contributed by atoms with Crippen LogP contribution in [0.5, 0.6) is 5.75 Å². The lowest BCUT2D eigenvalue weighted by Crippen LogP contribution is -2.19. The first-order valence-electron chi connectivity index (χ1n) is 5.78. The molecule has 2 rings (SSSR count). The van der Waals surface area contributed by atoms with E-state index in [9.17, 15) is 8.78 Å². The van der Waals surface area contributed by atoms with Crippen LogP contribution in [0.4, 0.5) is 8.78 Å². The largest absolute Gasteiger partial charge is 0.481 e. The van der Waals surface area contributed by atoms with E-state index in [1.165, 1.54) is 6.07 Å². The van der Waals surface area contributed by atoms with E-state index >= 15 is 0 Å². The highest BCUT2D eigenvalue weighted by atomic mass is 79.9. The Labute approximate surface area is 128 Å². The number of benzene rings is 2. The second-order valence-corrected chi connectivity index (χ2v) is 5.39. The van der Waals surface area contributed by atoms with Gasteiger partial charge < -0.3 is 10.5 Å². The summed E-state index contributed by atoms with van der Waals surface area (Å²) < 4.78 is 32.9. The molecular weight excluding hydrogens is 352 g/mol. The van der Waals surface area contributed by atoms with Gasteiger partial charge in [-0.05, 0) is 18.2 Å². The van der Waals surface area contributed by atoms with Crippen molar-refractivity contribution in [3.8, 4) is 5.75 Å². The molecule has 2 nitrogen and oxygen atoms in total. The molecular formula is C14H11BrClF2NO. The van der Waals surface area contributed by atoms with Crippen LogP contribution in [0.25, 0.3) is 0 Å². The number of hydrogen-bond donors (Lipinski definition) is 1. The molecule has 0 heterocycles. The summed E-state index contributed by atoms with van der Waals surface area (Å²) in [5.74, 6) is -2.27. The fourth-order valence-electron chi connectivity index (χ4n) is 1.75. The first kappa shape index (κ1) is 15.2. The Morgan fingerprint density at radius 3 is 2.60 bits per heavy atom. The average Bonchev–Trinajstić information content (AvgIpc) is 2.42. The highest BCUT2D eigenvalue weighted by Crippen LogP contribution is 2.31. The van der Waals surface area contributed by atoms with E-state index in [-0.39, 0.29) is 12.3 Å². The van der Waals surface area contributed by atoms with Crippen molar-refractivity contribution < 1.29 is 13.5 Å². The van der Waals surface area contributed by atoms with Crippen LogP contribution < -0.4 is 10.5 Å². The number of rotatable bonds is 4. The Bertz CT molecular complexity index is 624. The summed E-state index contributed by atoms with van der Waals surface area (Å²) in [5.41, 5.74) is 6.26. The molecule has 0 radical (unpaired) electrons. The van der Waals surface area contributed by atoms with Crippen molar-refractivity contribution >= 4 is 27.5 Å². The van der Waals surface area contributed by atoms with Crippen LogP contribution in [0.15, 0.2) is 40.9 Å². The van der Waals surface area contributed by atoms with E-state index in [0.29, 0.717) is 15.1 Å². The van der Waals surface area contributed by atoms with Gasteiger partial charge in [-0.25, -0.2) is 4.39 Å². The van der Waals surface area contributed by atoms with Crippen molar-refractivity contribution in [3.05, 3.63) is 63.1 Å². The minimum absolute atomic E-state index is 0.0807. The molecule has 2 aromatic rings. The van der Waals surface area contributed by atoms with E-state index in [0.717, 1.165) is 6.07 Å². The fraction of sp³-hybridized carbons (Fsp3) is 0.143. The molecule has 1 unspecified atom stereocenters. The maximum Gasteiger partial charge on any atom is 0.200 e. The quantitative estimate of drug-likeness (QED) is 0.815. The zero-order valence-electron chi connectivity index (χ0n) is 10.2. The van der Waals surface area contributed by atoms with Crippen molar-refractivity contribution in [1.29, 1.82) is 0 Å². The summed E-state index contributed by atoms with van der Waals surface area (Å²) in [4.78, 5) is 0. The second-order valence-electron chi connectivity index (χ2n) is 4.06. The lowest BCUT2D eigenvalue weighted by atomic mass is 10.1. The molecule has 0 saturated heterocycles. The molecule has 0 aliphatic carbocycles. The number of nitrogens with two attached hydrogens (primary N) is 1. The van der Waals surface area contributed by atoms with Gasteiger partial charge >= 0.3 is 0 Å². The minimum Gasteiger partial charge on any atom is -0.481 e. The Morgan fingerprint density at radius 1 is 1.25 bits per heavy atom. The van der Waals surface area contributed by atoms with Gasteiger partial charge in [-0.1, -0.05) is 45.7 Å². The standard InChI is InChI=1S/C14H11BrClF2NO/c15-8-5-11(17)14(18)12(6-8)20-13(7-19)9-3-1-2-4-10(9)16/h1-6,13H,7,19H2. The average molecular weight is 363 g/mol. The minimum atomic E-state index is -1.06. The van der Waals surface area contributed by atoms with Gasteiger partial charge in [0.1, 0.15) is 6.10 Å². The number of halogens is 4. The zero-order chi connectivity index (χ0) is 14.7. The Balaban J connectivity index is 2.34. The van der Waals surface area contributed by atoms with Crippen molar-refractivity contribution in [2.75, 3.05) is 6.54 Å². The second kappa shape index (κ2) is 6.52. The van der Waals surface area contributed by atoms with Crippen molar-refractivity contribution in [2.45, 2.75) is 6.10 Å². The van der Waals surface area contributed by atoms with Gasteiger partial charge in [-0.2, -0.15) is 4.39 Å². The first-order chi connectivity index (χ1) is 9.52. The molecule has 106 valence electrons. The van der Waals surface area contributed by atoms with Crippen LogP contribution in [0.2, 0.25) is 5.02 Å². The number of ether oxygens (including phenoxy) is 1. The smallest absolute Gasteiger partial charge is 0.200 e. The fourth-order valence-corrected chi connectivity index (χ4v) is 2.41. The van der Waals surface area contributed by atoms with Crippen LogP contribution in [0.1, 0.15) is 11.7 Å². The van der Waals surface area contributed by atoms with E-state index in [1.807, 2.05) is 0 Å². The maximum atomic E-state index is 13.7. The van der Waals surface area contributed by atoms with E-state index in [4.69, 9.17) is 22.1 Å². The highest BCUT2D eigenvalue weighted by molar-refractivity contribution is 9.10. The van der Waals surface area contributed by atoms with Crippen molar-refractivity contribution in [1.82, 2.24) is 0 Å². The third-order valence-corrected chi connectivity index (χ3v) is 3.50. The summed E-state index contributed by atoms with van der Waals surface area (Å²) in [6, 6.07) is 9.31. The van der Waals surface area contributed by atoms with Crippen LogP contribution >= 0.6 is 27.5 Å². The summed E-state index contributed by atoms with van der Waals surface area (Å²) in [5, 5.41) is 0.457. The SMILES string of the molecule is NCC(Oc1cc(Br)cc(F)c1F)c1ccccc1Cl. The molecule has 0 fully saturated rings. The maximum absolute atomic E-state index is 13.7. The number of hydrogen-bond acceptors (Lipinski definition) is 2. The molecule has 20 heavy (non-hydrogen) atoms. The summed E-state index contributed by atoms with van der Waals surface area (Å²) >= 11 is 9.14. The molecule has 6 heteroatoms. The molecule has 1 atom stereocenters. The van der Waals surface area contributed by atoms with Gasteiger partial charge in [0.25, 0.3) is 0 Å². The van der Waals surface area contributed by atoms with Gasteiger partial charge in [0.05, 0.1) is 0 Å². The van der Waals surface area contributed by atoms with E-state index in [2.05, 4.69) is 15.9 Å². The molecule has 0 aromatic heterocycles. The molecule has 2 aromatic carbocycles. The highest BCUT2D eigenvalue weighted by Gasteiger charge is 2.19. The topological polar surface area (TPSA) is 35.2 Å². The van der Waals surface area contributed by atoms with Gasteiger partial charge in [-0.15, -0.1) is 0 Å². The molecule has 0 spiro atoms. The monoisotopic (exact) mass is 361 g/mol. The third-order valence-electron chi connectivity index (χ3n) is 2.70. The molecule has 2 N–H and O–H groups in total. The van der Waals surface area contributed by atoms with Crippen LogP contribution in [0, 0.1) is 11.6 Å². The predicted molar refractivity (Wildman–Crippen MR) is 77.9 cm³/mol. The third kappa shape index (κ3) is 3.29. The van der Waals surface area contributed by atoms with Crippen molar-refractivity contribution in [2.24, 2.45) is 5.73 Å². The van der Waals surface area contributed by atoms with Gasteiger partial charge in [0, 0.05) is 21.6 Å². The molecule has 0 bridgehead atoms. The molecule has 0 aliphatic heterocycles. The lowest BCUT2D eigenvalue weighted by molar-refractivity contribution is 0.202. The van der Waals surface area contributed by atoms with Crippen molar-refractivity contribution in [3.63, 3.8) is 0 Å². The molecule has 0 amide bonds. The molecule has 0 saturated carbocycles. The van der Waals surface area contributed by atoms with E-state index in [1.54, 1.807) is 24.3 Å². The first-order valence-corrected chi connectivity index (χ1v) is 6.95. The van der Waals surface area contributed by atoms with Crippen LogP contribution in [-0.4, -0.2) is 6.54 Å².